The lowest BCUT2D eigenvalue weighted by atomic mass is 9.93. The van der Waals surface area contributed by atoms with E-state index in [1.807, 2.05) is 79.5 Å². The van der Waals surface area contributed by atoms with Gasteiger partial charge in [0.05, 0.1) is 6.67 Å². The van der Waals surface area contributed by atoms with E-state index in [1.54, 1.807) is 0 Å². The van der Waals surface area contributed by atoms with E-state index >= 15 is 0 Å². The highest BCUT2D eigenvalue weighted by atomic mass is 16.2. The maximum atomic E-state index is 12.9. The van der Waals surface area contributed by atoms with Crippen molar-refractivity contribution in [1.82, 2.24) is 15.1 Å². The van der Waals surface area contributed by atoms with E-state index in [-0.39, 0.29) is 18.6 Å². The fourth-order valence-corrected chi connectivity index (χ4v) is 3.27. The average Bonchev–Trinajstić information content (AvgIpc) is 2.85. The smallest absolute Gasteiger partial charge is 0.323 e. The molecule has 1 aliphatic heterocycles. The fraction of sp³-hybridized carbons (Fsp3) is 0.333. The molecule has 3 amide bonds. The van der Waals surface area contributed by atoms with Crippen LogP contribution in [0.2, 0.25) is 0 Å². The Labute approximate surface area is 154 Å². The highest BCUT2D eigenvalue weighted by Gasteiger charge is 2.47. The van der Waals surface area contributed by atoms with Crippen molar-refractivity contribution in [2.45, 2.75) is 31.8 Å². The summed E-state index contributed by atoms with van der Waals surface area (Å²) in [4.78, 5) is 28.5. The van der Waals surface area contributed by atoms with Crippen LogP contribution in [0.5, 0.6) is 0 Å². The zero-order valence-corrected chi connectivity index (χ0v) is 15.3. The van der Waals surface area contributed by atoms with Crippen LogP contribution < -0.4 is 5.32 Å². The quantitative estimate of drug-likeness (QED) is 0.780. The first-order valence-corrected chi connectivity index (χ1v) is 8.88. The molecule has 0 aromatic heterocycles. The number of nitrogens with zero attached hydrogens (tertiary/aromatic N) is 2. The molecule has 0 unspecified atom stereocenters. The summed E-state index contributed by atoms with van der Waals surface area (Å²) >= 11 is 0. The minimum absolute atomic E-state index is 0.154. The van der Waals surface area contributed by atoms with Gasteiger partial charge in [-0.3, -0.25) is 9.69 Å². The minimum Gasteiger partial charge on any atom is -0.323 e. The monoisotopic (exact) mass is 351 g/mol. The lowest BCUT2D eigenvalue weighted by molar-refractivity contribution is -0.132. The van der Waals surface area contributed by atoms with E-state index in [2.05, 4.69) is 5.32 Å². The van der Waals surface area contributed by atoms with Gasteiger partial charge in [-0.2, -0.15) is 0 Å². The molecule has 5 nitrogen and oxygen atoms in total. The fourth-order valence-electron chi connectivity index (χ4n) is 3.27. The molecule has 1 N–H and O–H groups in total. The number of amides is 3. The molecule has 2 aromatic rings. The highest BCUT2D eigenvalue weighted by molar-refractivity contribution is 6.06. The highest BCUT2D eigenvalue weighted by Crippen LogP contribution is 2.23. The van der Waals surface area contributed by atoms with Gasteiger partial charge in [0, 0.05) is 6.54 Å². The van der Waals surface area contributed by atoms with Crippen molar-refractivity contribution < 1.29 is 9.59 Å². The number of benzene rings is 2. The SMILES string of the molecule is CN(Cc1ccccc1)CN1C(=O)N[C@@](C)(CCc2ccccc2)C1=O. The van der Waals surface area contributed by atoms with E-state index in [4.69, 9.17) is 0 Å². The number of hydrogen-bond donors (Lipinski definition) is 1. The van der Waals surface area contributed by atoms with Gasteiger partial charge in [-0.05, 0) is 37.9 Å². The topological polar surface area (TPSA) is 52.6 Å². The summed E-state index contributed by atoms with van der Waals surface area (Å²) in [6.07, 6.45) is 1.33. The van der Waals surface area contributed by atoms with Crippen LogP contribution in [-0.2, 0) is 17.8 Å². The molecule has 1 saturated heterocycles. The molecular formula is C21H25N3O2. The number of hydrogen-bond acceptors (Lipinski definition) is 3. The van der Waals surface area contributed by atoms with Gasteiger partial charge < -0.3 is 5.32 Å². The van der Waals surface area contributed by atoms with E-state index < -0.39 is 5.54 Å². The second-order valence-corrected chi connectivity index (χ2v) is 7.12. The number of urea groups is 1. The Hall–Kier alpha value is -2.66. The Morgan fingerprint density at radius 3 is 2.15 bits per heavy atom. The average molecular weight is 351 g/mol. The molecule has 1 aliphatic rings. The van der Waals surface area contributed by atoms with Crippen LogP contribution in [0.3, 0.4) is 0 Å². The van der Waals surface area contributed by atoms with Gasteiger partial charge in [-0.15, -0.1) is 0 Å². The van der Waals surface area contributed by atoms with Crippen LogP contribution in [-0.4, -0.2) is 41.0 Å². The maximum Gasteiger partial charge on any atom is 0.326 e. The van der Waals surface area contributed by atoms with Crippen molar-refractivity contribution in [3.8, 4) is 0 Å². The van der Waals surface area contributed by atoms with Crippen LogP contribution >= 0.6 is 0 Å². The summed E-state index contributed by atoms with van der Waals surface area (Å²) in [5.74, 6) is -0.154. The number of carbonyl (C=O) groups excluding carboxylic acids is 2. The van der Waals surface area contributed by atoms with Gasteiger partial charge in [-0.1, -0.05) is 60.7 Å². The largest absolute Gasteiger partial charge is 0.326 e. The Bertz CT molecular complexity index is 763. The van der Waals surface area contributed by atoms with Crippen molar-refractivity contribution in [2.75, 3.05) is 13.7 Å². The van der Waals surface area contributed by atoms with Gasteiger partial charge in [0.15, 0.2) is 0 Å². The summed E-state index contributed by atoms with van der Waals surface area (Å²) in [6.45, 7) is 2.77. The molecule has 1 atom stereocenters. The Balaban J connectivity index is 1.60. The summed E-state index contributed by atoms with van der Waals surface area (Å²) in [5, 5.41) is 2.88. The Morgan fingerprint density at radius 2 is 1.54 bits per heavy atom. The predicted octanol–water partition coefficient (Wildman–Crippen LogP) is 3.02. The number of imide groups is 1. The first-order chi connectivity index (χ1) is 12.5. The number of nitrogens with one attached hydrogen (secondary N) is 1. The third-order valence-electron chi connectivity index (χ3n) is 4.78. The molecule has 2 aromatic carbocycles. The summed E-state index contributed by atoms with van der Waals surface area (Å²) in [5.41, 5.74) is 1.46. The molecule has 1 heterocycles. The van der Waals surface area contributed by atoms with Crippen molar-refractivity contribution >= 4 is 11.9 Å². The van der Waals surface area contributed by atoms with Gasteiger partial charge in [-0.25, -0.2) is 9.69 Å². The second-order valence-electron chi connectivity index (χ2n) is 7.12. The molecule has 26 heavy (non-hydrogen) atoms. The standard InChI is InChI=1S/C21H25N3O2/c1-21(14-13-17-9-5-3-6-10-17)19(25)24(20(26)22-21)16-23(2)15-18-11-7-4-8-12-18/h3-12H,13-16H2,1-2H3,(H,22,26)/t21-/m0/s1. The van der Waals surface area contributed by atoms with Crippen LogP contribution in [0.15, 0.2) is 60.7 Å². The number of rotatable bonds is 7. The normalized spacial score (nSPS) is 19.9. The first-order valence-electron chi connectivity index (χ1n) is 8.88. The number of carbonyl (C=O) groups is 2. The third kappa shape index (κ3) is 4.11. The Kier molecular flexibility index (Phi) is 5.38. The lowest BCUT2D eigenvalue weighted by Gasteiger charge is -2.24. The summed E-state index contributed by atoms with van der Waals surface area (Å²) in [6, 6.07) is 19.7. The van der Waals surface area contributed by atoms with E-state index in [1.165, 1.54) is 4.90 Å². The molecule has 1 fully saturated rings. The van der Waals surface area contributed by atoms with Crippen LogP contribution in [0.25, 0.3) is 0 Å². The van der Waals surface area contributed by atoms with E-state index in [0.717, 1.165) is 17.5 Å². The maximum absolute atomic E-state index is 12.9. The molecule has 0 bridgehead atoms. The molecule has 0 aliphatic carbocycles. The van der Waals surface area contributed by atoms with Gasteiger partial charge in [0.2, 0.25) is 0 Å². The molecule has 0 spiro atoms. The summed E-state index contributed by atoms with van der Waals surface area (Å²) < 4.78 is 0. The van der Waals surface area contributed by atoms with Gasteiger partial charge in [0.25, 0.3) is 5.91 Å². The Morgan fingerprint density at radius 1 is 0.962 bits per heavy atom. The van der Waals surface area contributed by atoms with Crippen LogP contribution in [0, 0.1) is 0 Å². The van der Waals surface area contributed by atoms with E-state index in [9.17, 15) is 9.59 Å². The van der Waals surface area contributed by atoms with Gasteiger partial charge >= 0.3 is 6.03 Å². The van der Waals surface area contributed by atoms with Crippen molar-refractivity contribution in [2.24, 2.45) is 0 Å². The van der Waals surface area contributed by atoms with Crippen LogP contribution in [0.4, 0.5) is 4.79 Å². The molecule has 3 rings (SSSR count). The molecule has 136 valence electrons. The third-order valence-corrected chi connectivity index (χ3v) is 4.78. The second kappa shape index (κ2) is 7.70. The first kappa shape index (κ1) is 18.1. The molecule has 5 heteroatoms. The molecule has 0 saturated carbocycles. The van der Waals surface area contributed by atoms with Crippen LogP contribution in [0.1, 0.15) is 24.5 Å². The van der Waals surface area contributed by atoms with Crippen molar-refractivity contribution in [3.63, 3.8) is 0 Å². The van der Waals surface area contributed by atoms with E-state index in [0.29, 0.717) is 13.0 Å². The lowest BCUT2D eigenvalue weighted by Crippen LogP contribution is -2.45. The van der Waals surface area contributed by atoms with Crippen molar-refractivity contribution in [3.05, 3.63) is 71.8 Å². The minimum atomic E-state index is -0.847. The molecule has 0 radical (unpaired) electrons. The zero-order chi connectivity index (χ0) is 18.6. The zero-order valence-electron chi connectivity index (χ0n) is 15.3. The molecular weight excluding hydrogens is 326 g/mol. The summed E-state index contributed by atoms with van der Waals surface area (Å²) in [7, 11) is 1.91. The van der Waals surface area contributed by atoms with Crippen molar-refractivity contribution in [1.29, 1.82) is 0 Å². The predicted molar refractivity (Wildman–Crippen MR) is 101 cm³/mol. The van der Waals surface area contributed by atoms with Gasteiger partial charge in [0.1, 0.15) is 5.54 Å². The number of aryl methyl sites for hydroxylation is 1.